The van der Waals surface area contributed by atoms with E-state index >= 15 is 0 Å². The lowest BCUT2D eigenvalue weighted by Crippen LogP contribution is -3.12. The van der Waals surface area contributed by atoms with Gasteiger partial charge in [-0.15, -0.1) is 0 Å². The maximum Gasteiger partial charge on any atom is 0.338 e. The van der Waals surface area contributed by atoms with Gasteiger partial charge in [-0.25, -0.2) is 4.79 Å². The van der Waals surface area contributed by atoms with Crippen LogP contribution in [0.2, 0.25) is 0 Å². The smallest absolute Gasteiger partial charge is 0.338 e. The predicted octanol–water partition coefficient (Wildman–Crippen LogP) is 1.59. The topological polar surface area (TPSA) is 89.2 Å². The summed E-state index contributed by atoms with van der Waals surface area (Å²) in [6.45, 7) is 11.7. The molecule has 0 radical (unpaired) electrons. The highest BCUT2D eigenvalue weighted by Gasteiger charge is 2.35. The summed E-state index contributed by atoms with van der Waals surface area (Å²) in [4.78, 5) is 26.9. The van der Waals surface area contributed by atoms with Crippen LogP contribution in [-0.2, 0) is 9.53 Å². The number of carbonyl (C=O) groups is 1. The van der Waals surface area contributed by atoms with Crippen molar-refractivity contribution in [2.45, 2.75) is 33.7 Å². The highest BCUT2D eigenvalue weighted by molar-refractivity contribution is 7.80. The van der Waals surface area contributed by atoms with Crippen LogP contribution in [-0.4, -0.2) is 53.7 Å². The SMILES string of the molecule is CCOC(=O)C1=C(C)N(CC[NH+](CC)CC)C(=S)N[C@H]1c1cccc([N+](=O)[O-])c1. The number of likely N-dealkylation sites (N-methyl/N-ethyl adjacent to an activating group) is 1. The number of esters is 1. The number of ether oxygens (including phenoxy) is 1. The van der Waals surface area contributed by atoms with Crippen LogP contribution in [0.25, 0.3) is 0 Å². The minimum Gasteiger partial charge on any atom is -0.463 e. The lowest BCUT2D eigenvalue weighted by Gasteiger charge is -2.37. The second kappa shape index (κ2) is 10.3. The van der Waals surface area contributed by atoms with Crippen LogP contribution in [0.15, 0.2) is 35.5 Å². The van der Waals surface area contributed by atoms with Gasteiger partial charge in [0.1, 0.15) is 0 Å². The Balaban J connectivity index is 2.44. The zero-order valence-electron chi connectivity index (χ0n) is 17.4. The zero-order valence-corrected chi connectivity index (χ0v) is 18.2. The fourth-order valence-corrected chi connectivity index (χ4v) is 3.81. The zero-order chi connectivity index (χ0) is 21.6. The van der Waals surface area contributed by atoms with Gasteiger partial charge in [-0.05, 0) is 45.5 Å². The molecule has 0 saturated heterocycles. The lowest BCUT2D eigenvalue weighted by atomic mass is 9.94. The number of hydrogen-bond donors (Lipinski definition) is 2. The maximum absolute atomic E-state index is 12.8. The number of nitro groups is 1. The first kappa shape index (κ1) is 22.8. The molecule has 8 nitrogen and oxygen atoms in total. The van der Waals surface area contributed by atoms with Crippen molar-refractivity contribution in [3.63, 3.8) is 0 Å². The summed E-state index contributed by atoms with van der Waals surface area (Å²) in [5, 5.41) is 14.9. The molecule has 0 aliphatic carbocycles. The summed E-state index contributed by atoms with van der Waals surface area (Å²) < 4.78 is 5.29. The van der Waals surface area contributed by atoms with Gasteiger partial charge in [0.15, 0.2) is 5.11 Å². The van der Waals surface area contributed by atoms with Crippen molar-refractivity contribution in [2.75, 3.05) is 32.8 Å². The van der Waals surface area contributed by atoms with Crippen LogP contribution in [0.1, 0.15) is 39.3 Å². The molecule has 1 heterocycles. The number of non-ortho nitro benzene ring substituents is 1. The molecule has 29 heavy (non-hydrogen) atoms. The number of rotatable bonds is 9. The van der Waals surface area contributed by atoms with Gasteiger partial charge >= 0.3 is 5.97 Å². The second-order valence-corrected chi connectivity index (χ2v) is 7.20. The molecule has 1 aliphatic heterocycles. The van der Waals surface area contributed by atoms with Gasteiger partial charge in [0.05, 0.1) is 49.3 Å². The fraction of sp³-hybridized carbons (Fsp3) is 0.500. The Morgan fingerprint density at radius 1 is 1.34 bits per heavy atom. The minimum absolute atomic E-state index is 0.0383. The van der Waals surface area contributed by atoms with Gasteiger partial charge in [0.25, 0.3) is 5.69 Å². The van der Waals surface area contributed by atoms with Crippen molar-refractivity contribution in [1.82, 2.24) is 10.2 Å². The standard InChI is InChI=1S/C20H28N4O4S/c1-5-22(6-2)11-12-23-14(4)17(19(25)28-7-3)18(21-20(23)29)15-9-8-10-16(13-15)24(26)27/h8-10,13,18H,5-7,11-12H2,1-4H3,(H,21,29)/p+1/t18-/m0/s1. The van der Waals surface area contributed by atoms with Gasteiger partial charge in [0.2, 0.25) is 0 Å². The van der Waals surface area contributed by atoms with E-state index in [9.17, 15) is 14.9 Å². The van der Waals surface area contributed by atoms with E-state index in [4.69, 9.17) is 17.0 Å². The normalized spacial score (nSPS) is 16.8. The van der Waals surface area contributed by atoms with Crippen molar-refractivity contribution in [1.29, 1.82) is 0 Å². The van der Waals surface area contributed by atoms with Crippen molar-refractivity contribution in [2.24, 2.45) is 0 Å². The van der Waals surface area contributed by atoms with Crippen molar-refractivity contribution in [3.8, 4) is 0 Å². The van der Waals surface area contributed by atoms with E-state index in [1.165, 1.54) is 17.0 Å². The number of nitrogens with one attached hydrogen (secondary N) is 2. The molecule has 0 unspecified atom stereocenters. The van der Waals surface area contributed by atoms with Crippen LogP contribution in [0.4, 0.5) is 5.69 Å². The molecule has 0 saturated carbocycles. The van der Waals surface area contributed by atoms with E-state index in [-0.39, 0.29) is 12.3 Å². The lowest BCUT2D eigenvalue weighted by molar-refractivity contribution is -0.895. The summed E-state index contributed by atoms with van der Waals surface area (Å²) in [5.74, 6) is -0.448. The van der Waals surface area contributed by atoms with Gasteiger partial charge in [-0.2, -0.15) is 0 Å². The van der Waals surface area contributed by atoms with Gasteiger partial charge in [-0.1, -0.05) is 12.1 Å². The quantitative estimate of drug-likeness (QED) is 0.271. The molecule has 9 heteroatoms. The maximum atomic E-state index is 12.8. The molecule has 1 aliphatic rings. The Morgan fingerprint density at radius 2 is 2.03 bits per heavy atom. The average Bonchev–Trinajstić information content (AvgIpc) is 2.70. The highest BCUT2D eigenvalue weighted by atomic mass is 32.1. The van der Waals surface area contributed by atoms with E-state index < -0.39 is 16.9 Å². The number of nitrogens with zero attached hydrogens (tertiary/aromatic N) is 2. The Labute approximate surface area is 176 Å². The number of benzene rings is 1. The van der Waals surface area contributed by atoms with Crippen molar-refractivity contribution >= 4 is 29.0 Å². The molecule has 1 aromatic rings. The third-order valence-electron chi connectivity index (χ3n) is 5.19. The number of hydrogen-bond acceptors (Lipinski definition) is 5. The third-order valence-corrected chi connectivity index (χ3v) is 5.53. The van der Waals surface area contributed by atoms with Crippen molar-refractivity contribution in [3.05, 3.63) is 51.2 Å². The van der Waals surface area contributed by atoms with Crippen LogP contribution in [0.3, 0.4) is 0 Å². The number of nitro benzene ring substituents is 1. The molecule has 1 atom stereocenters. The van der Waals surface area contributed by atoms with Gasteiger partial charge < -0.3 is 19.9 Å². The molecule has 0 spiro atoms. The molecule has 0 bridgehead atoms. The Morgan fingerprint density at radius 3 is 2.62 bits per heavy atom. The molecule has 0 amide bonds. The molecule has 2 rings (SSSR count). The minimum atomic E-state index is -0.599. The largest absolute Gasteiger partial charge is 0.463 e. The second-order valence-electron chi connectivity index (χ2n) is 6.81. The average molecular weight is 422 g/mol. The Hall–Kier alpha value is -2.52. The summed E-state index contributed by atoms with van der Waals surface area (Å²) in [5.41, 5.74) is 1.70. The first-order valence-electron chi connectivity index (χ1n) is 9.87. The molecule has 1 aromatic carbocycles. The van der Waals surface area contributed by atoms with E-state index in [2.05, 4.69) is 19.2 Å². The Bertz CT molecular complexity index is 807. The summed E-state index contributed by atoms with van der Waals surface area (Å²) in [6.07, 6.45) is 0. The molecule has 2 N–H and O–H groups in total. The van der Waals surface area contributed by atoms with E-state index in [0.717, 1.165) is 25.3 Å². The van der Waals surface area contributed by atoms with Crippen molar-refractivity contribution < 1.29 is 19.4 Å². The van der Waals surface area contributed by atoms with Gasteiger partial charge in [-0.3, -0.25) is 10.1 Å². The molecule has 0 aromatic heterocycles. The van der Waals surface area contributed by atoms with Crippen LogP contribution in [0.5, 0.6) is 0 Å². The van der Waals surface area contributed by atoms with Gasteiger partial charge in [0, 0.05) is 17.8 Å². The van der Waals surface area contributed by atoms with E-state index in [1.807, 2.05) is 11.8 Å². The monoisotopic (exact) mass is 421 g/mol. The summed E-state index contributed by atoms with van der Waals surface area (Å²) in [6, 6.07) is 5.63. The molecule has 158 valence electrons. The fourth-order valence-electron chi connectivity index (χ4n) is 3.47. The number of allylic oxidation sites excluding steroid dienone is 1. The number of carbonyl (C=O) groups excluding carboxylic acids is 1. The number of quaternary nitrogens is 1. The predicted molar refractivity (Wildman–Crippen MR) is 115 cm³/mol. The van der Waals surface area contributed by atoms with Crippen LogP contribution in [0, 0.1) is 10.1 Å². The summed E-state index contributed by atoms with van der Waals surface area (Å²) >= 11 is 5.58. The first-order valence-corrected chi connectivity index (χ1v) is 10.3. The third kappa shape index (κ3) is 5.30. The summed E-state index contributed by atoms with van der Waals surface area (Å²) in [7, 11) is 0. The first-order chi connectivity index (χ1) is 13.8. The molecular formula is C20H29N4O4S+. The van der Waals surface area contributed by atoms with Crippen LogP contribution >= 0.6 is 12.2 Å². The van der Waals surface area contributed by atoms with Crippen LogP contribution < -0.4 is 10.2 Å². The van der Waals surface area contributed by atoms with E-state index in [0.29, 0.717) is 22.8 Å². The molecular weight excluding hydrogens is 392 g/mol. The Kier molecular flexibility index (Phi) is 8.10. The molecule has 0 fully saturated rings. The number of thiocarbonyl (C=S) groups is 1. The highest BCUT2D eigenvalue weighted by Crippen LogP contribution is 2.32. The van der Waals surface area contributed by atoms with E-state index in [1.54, 1.807) is 19.1 Å².